The van der Waals surface area contributed by atoms with Crippen LogP contribution in [-0.2, 0) is 9.47 Å². The molecule has 1 aliphatic heterocycles. The largest absolute Gasteiger partial charge is 0.394 e. The first-order valence-corrected chi connectivity index (χ1v) is 16.5. The molecule has 0 amide bonds. The number of hydrogen-bond acceptors (Lipinski definition) is 7. The monoisotopic (exact) mass is 566 g/mol. The van der Waals surface area contributed by atoms with Crippen LogP contribution in [0.4, 0.5) is 0 Å². The van der Waals surface area contributed by atoms with Gasteiger partial charge in [0.25, 0.3) is 0 Å². The maximum atomic E-state index is 11.4. The molecular weight excluding hydrogens is 508 g/mol. The Labute approximate surface area is 242 Å². The van der Waals surface area contributed by atoms with Gasteiger partial charge in [0.2, 0.25) is 0 Å². The Kier molecular flexibility index (Phi) is 9.36. The zero-order chi connectivity index (χ0) is 29.0. The van der Waals surface area contributed by atoms with Crippen molar-refractivity contribution < 1.29 is 35.0 Å². The van der Waals surface area contributed by atoms with Crippen molar-refractivity contribution in [2.45, 2.75) is 148 Å². The molecular formula is C33H58O7. The van der Waals surface area contributed by atoms with Gasteiger partial charge in [-0.1, -0.05) is 53.9 Å². The molecule has 5 N–H and O–H groups in total. The van der Waals surface area contributed by atoms with Gasteiger partial charge in [0, 0.05) is 0 Å². The summed E-state index contributed by atoms with van der Waals surface area (Å²) in [6.07, 6.45) is 5.43. The van der Waals surface area contributed by atoms with Gasteiger partial charge in [-0.2, -0.15) is 0 Å². The minimum atomic E-state index is -1.47. The van der Waals surface area contributed by atoms with Crippen LogP contribution in [0.15, 0.2) is 0 Å². The van der Waals surface area contributed by atoms with Crippen molar-refractivity contribution in [3.05, 3.63) is 0 Å². The lowest BCUT2D eigenvalue weighted by Crippen LogP contribution is -2.61. The van der Waals surface area contributed by atoms with Crippen molar-refractivity contribution >= 4 is 0 Å². The van der Waals surface area contributed by atoms with E-state index in [1.165, 1.54) is 51.4 Å². The molecule has 7 nitrogen and oxygen atoms in total. The van der Waals surface area contributed by atoms with Crippen LogP contribution >= 0.6 is 0 Å². The van der Waals surface area contributed by atoms with Gasteiger partial charge in [-0.3, -0.25) is 0 Å². The molecule has 232 valence electrons. The van der Waals surface area contributed by atoms with Crippen LogP contribution in [-0.4, -0.2) is 75.1 Å². The maximum absolute atomic E-state index is 11.4. The summed E-state index contributed by atoms with van der Waals surface area (Å²) in [6.45, 7) is 11.8. The second-order valence-corrected chi connectivity index (χ2v) is 15.6. The molecule has 15 atom stereocenters. The predicted molar refractivity (Wildman–Crippen MR) is 153 cm³/mol. The van der Waals surface area contributed by atoms with E-state index < -0.39 is 49.5 Å². The van der Waals surface area contributed by atoms with Gasteiger partial charge in [0.1, 0.15) is 24.4 Å². The van der Waals surface area contributed by atoms with E-state index in [2.05, 4.69) is 34.6 Å². The van der Waals surface area contributed by atoms with Gasteiger partial charge in [0.05, 0.1) is 18.8 Å². The first kappa shape index (κ1) is 31.2. The summed E-state index contributed by atoms with van der Waals surface area (Å²) in [5.41, 5.74) is 0.517. The average Bonchev–Trinajstić information content (AvgIpc) is 3.26. The minimum absolute atomic E-state index is 0.0693. The van der Waals surface area contributed by atoms with Gasteiger partial charge in [-0.25, -0.2) is 0 Å². The quantitative estimate of drug-likeness (QED) is 0.279. The Hall–Kier alpha value is -0.280. The van der Waals surface area contributed by atoms with E-state index >= 15 is 0 Å². The summed E-state index contributed by atoms with van der Waals surface area (Å²) in [6, 6.07) is 0. The highest BCUT2D eigenvalue weighted by Crippen LogP contribution is 2.68. The third-order valence-corrected chi connectivity index (χ3v) is 13.0. The Morgan fingerprint density at radius 3 is 2.27 bits per heavy atom. The molecule has 0 aromatic heterocycles. The van der Waals surface area contributed by atoms with Crippen molar-refractivity contribution in [1.29, 1.82) is 0 Å². The van der Waals surface area contributed by atoms with E-state index in [0.717, 1.165) is 36.0 Å². The average molecular weight is 567 g/mol. The zero-order valence-corrected chi connectivity index (χ0v) is 25.6. The molecule has 1 saturated heterocycles. The Morgan fingerprint density at radius 1 is 0.850 bits per heavy atom. The normalized spacial score (nSPS) is 51.7. The highest BCUT2D eigenvalue weighted by Gasteiger charge is 2.62. The summed E-state index contributed by atoms with van der Waals surface area (Å²) in [5, 5.41) is 51.7. The third kappa shape index (κ3) is 5.44. The first-order chi connectivity index (χ1) is 18.9. The van der Waals surface area contributed by atoms with E-state index in [0.29, 0.717) is 30.1 Å². The van der Waals surface area contributed by atoms with E-state index in [9.17, 15) is 25.5 Å². The summed E-state index contributed by atoms with van der Waals surface area (Å²) in [4.78, 5) is 0. The standard InChI is InChI=1S/C33H58O7/c1-18(2)7-6-8-19(3)22-11-12-23-21-10-9-20-15-26(39-31-30(38)29(37)28(36)27(17-34)40-31)25(35)16-33(20,5)24(21)13-14-32(22,23)4/h18-31,34-38H,6-17H2,1-5H3/t19-,20+,21+,22-,23+,24+,25-,26-,27-,28-,29+,30-,31+,32-,33+/m1/s1. The van der Waals surface area contributed by atoms with Gasteiger partial charge < -0.3 is 35.0 Å². The number of rotatable bonds is 8. The van der Waals surface area contributed by atoms with E-state index in [4.69, 9.17) is 9.47 Å². The molecule has 0 bridgehead atoms. The summed E-state index contributed by atoms with van der Waals surface area (Å²) in [5.74, 6) is 5.02. The van der Waals surface area contributed by atoms with Crippen LogP contribution in [0.25, 0.3) is 0 Å². The lowest BCUT2D eigenvalue weighted by atomic mass is 9.44. The van der Waals surface area contributed by atoms with Crippen LogP contribution in [0.5, 0.6) is 0 Å². The number of ether oxygens (including phenoxy) is 2. The van der Waals surface area contributed by atoms with Crippen LogP contribution < -0.4 is 0 Å². The van der Waals surface area contributed by atoms with Crippen LogP contribution in [0.2, 0.25) is 0 Å². The maximum Gasteiger partial charge on any atom is 0.187 e. The fourth-order valence-corrected chi connectivity index (χ4v) is 10.8. The SMILES string of the molecule is CC(C)CCC[C@@H](C)[C@H]1CC[C@H]2[C@@H]3CC[C@H]4C[C@@H](O[C@H]5O[C@H](CO)[C@@H](O)[C@H](O)[C@H]5O)[C@H](O)C[C@]4(C)[C@H]3CC[C@]12C. The molecule has 0 aromatic rings. The number of fused-ring (bicyclic) bond motifs is 5. The van der Waals surface area contributed by atoms with Gasteiger partial charge >= 0.3 is 0 Å². The summed E-state index contributed by atoms with van der Waals surface area (Å²) < 4.78 is 11.7. The minimum Gasteiger partial charge on any atom is -0.394 e. The predicted octanol–water partition coefficient (Wildman–Crippen LogP) is 4.26. The van der Waals surface area contributed by atoms with E-state index in [1.807, 2.05) is 0 Å². The topological polar surface area (TPSA) is 120 Å². The molecule has 40 heavy (non-hydrogen) atoms. The number of aliphatic hydroxyl groups excluding tert-OH is 5. The second-order valence-electron chi connectivity index (χ2n) is 15.6. The van der Waals surface area contributed by atoms with Crippen molar-refractivity contribution in [2.75, 3.05) is 6.61 Å². The summed E-state index contributed by atoms with van der Waals surface area (Å²) in [7, 11) is 0. The van der Waals surface area contributed by atoms with E-state index in [-0.39, 0.29) is 5.41 Å². The second kappa shape index (κ2) is 12.0. The Bertz CT molecular complexity index is 851. The van der Waals surface area contributed by atoms with Crippen molar-refractivity contribution in [2.24, 2.45) is 52.3 Å². The highest BCUT2D eigenvalue weighted by atomic mass is 16.7. The number of aliphatic hydroxyl groups is 5. The molecule has 7 heteroatoms. The van der Waals surface area contributed by atoms with Crippen LogP contribution in [0.1, 0.15) is 105 Å². The highest BCUT2D eigenvalue weighted by molar-refractivity contribution is 5.11. The van der Waals surface area contributed by atoms with Crippen LogP contribution in [0, 0.1) is 52.3 Å². The molecule has 4 saturated carbocycles. The Balaban J connectivity index is 1.24. The van der Waals surface area contributed by atoms with Crippen LogP contribution in [0.3, 0.4) is 0 Å². The van der Waals surface area contributed by atoms with Gasteiger partial charge in [-0.15, -0.1) is 0 Å². The van der Waals surface area contributed by atoms with Gasteiger partial charge in [-0.05, 0) is 104 Å². The smallest absolute Gasteiger partial charge is 0.187 e. The molecule has 5 aliphatic rings. The molecule has 5 fully saturated rings. The Morgan fingerprint density at radius 2 is 1.57 bits per heavy atom. The lowest BCUT2D eigenvalue weighted by Gasteiger charge is -2.62. The molecule has 0 aromatic carbocycles. The van der Waals surface area contributed by atoms with Gasteiger partial charge in [0.15, 0.2) is 6.29 Å². The van der Waals surface area contributed by atoms with Crippen molar-refractivity contribution in [3.63, 3.8) is 0 Å². The molecule has 0 radical (unpaired) electrons. The fraction of sp³-hybridized carbons (Fsp3) is 1.00. The first-order valence-electron chi connectivity index (χ1n) is 16.5. The molecule has 0 spiro atoms. The number of hydrogen-bond donors (Lipinski definition) is 5. The summed E-state index contributed by atoms with van der Waals surface area (Å²) >= 11 is 0. The van der Waals surface area contributed by atoms with Crippen molar-refractivity contribution in [1.82, 2.24) is 0 Å². The molecule has 0 unspecified atom stereocenters. The molecule has 5 rings (SSSR count). The molecule has 1 heterocycles. The van der Waals surface area contributed by atoms with Crippen molar-refractivity contribution in [3.8, 4) is 0 Å². The fourth-order valence-electron chi connectivity index (χ4n) is 10.8. The lowest BCUT2D eigenvalue weighted by molar-refractivity contribution is -0.324. The third-order valence-electron chi connectivity index (χ3n) is 13.0. The van der Waals surface area contributed by atoms with E-state index in [1.54, 1.807) is 0 Å². The zero-order valence-electron chi connectivity index (χ0n) is 25.6. The molecule has 4 aliphatic carbocycles.